The molecule has 3 heterocycles. The van der Waals surface area contributed by atoms with Gasteiger partial charge in [-0.3, -0.25) is 9.88 Å². The second-order valence-corrected chi connectivity index (χ2v) is 12.0. The lowest BCUT2D eigenvalue weighted by atomic mass is 10.0. The van der Waals surface area contributed by atoms with Crippen LogP contribution in [-0.4, -0.2) is 77.8 Å². The fourth-order valence-electron chi connectivity index (χ4n) is 5.15. The number of aryl methyl sites for hydroxylation is 1. The number of anilines is 2. The molecule has 1 N–H and O–H groups in total. The fourth-order valence-corrected chi connectivity index (χ4v) is 6.25. The molecule has 1 saturated heterocycles. The summed E-state index contributed by atoms with van der Waals surface area (Å²) in [7, 11) is 5.75. The van der Waals surface area contributed by atoms with Crippen LogP contribution in [0, 0.1) is 11.3 Å². The molecule has 3 aromatic carbocycles. The summed E-state index contributed by atoms with van der Waals surface area (Å²) in [6.07, 6.45) is 5.25. The first-order chi connectivity index (χ1) is 20.9. The number of rotatable bonds is 9. The van der Waals surface area contributed by atoms with Crippen LogP contribution in [-0.2, 0) is 7.05 Å². The second-order valence-electron chi connectivity index (χ2n) is 10.6. The predicted molar refractivity (Wildman–Crippen MR) is 172 cm³/mol. The normalized spacial score (nSPS) is 14.2. The lowest BCUT2D eigenvalue weighted by Gasteiger charge is -2.32. The minimum absolute atomic E-state index is 0.435. The van der Waals surface area contributed by atoms with Crippen molar-refractivity contribution in [3.05, 3.63) is 71.6 Å². The van der Waals surface area contributed by atoms with E-state index in [0.717, 1.165) is 70.1 Å². The van der Waals surface area contributed by atoms with Crippen molar-refractivity contribution in [1.29, 1.82) is 5.26 Å². The van der Waals surface area contributed by atoms with Gasteiger partial charge in [0, 0.05) is 74.3 Å². The highest BCUT2D eigenvalue weighted by Crippen LogP contribution is 2.39. The number of ether oxygens (including phenoxy) is 2. The van der Waals surface area contributed by atoms with Crippen molar-refractivity contribution in [3.8, 4) is 17.6 Å². The van der Waals surface area contributed by atoms with E-state index in [0.29, 0.717) is 34.4 Å². The van der Waals surface area contributed by atoms with Crippen molar-refractivity contribution in [1.82, 2.24) is 24.3 Å². The van der Waals surface area contributed by atoms with Crippen LogP contribution in [0.25, 0.3) is 21.7 Å². The monoisotopic (exact) mass is 613 g/mol. The highest BCUT2D eigenvalue weighted by molar-refractivity contribution is 7.99. The fraction of sp³-hybridized carbons (Fsp3) is 0.281. The molecule has 0 atom stereocenters. The minimum Gasteiger partial charge on any atom is -0.493 e. The molecule has 6 rings (SSSR count). The number of hydrogen-bond donors (Lipinski definition) is 1. The summed E-state index contributed by atoms with van der Waals surface area (Å²) < 4.78 is 13.9. The van der Waals surface area contributed by atoms with Crippen LogP contribution < -0.4 is 14.8 Å². The van der Waals surface area contributed by atoms with Crippen LogP contribution in [0.5, 0.6) is 11.5 Å². The Morgan fingerprint density at radius 1 is 1.02 bits per heavy atom. The third-order valence-corrected chi connectivity index (χ3v) is 9.25. The van der Waals surface area contributed by atoms with Gasteiger partial charge in [-0.15, -0.1) is 0 Å². The maximum absolute atomic E-state index is 9.93. The molecule has 0 radical (unpaired) electrons. The van der Waals surface area contributed by atoms with Gasteiger partial charge in [-0.05, 0) is 60.3 Å². The average molecular weight is 614 g/mol. The Balaban J connectivity index is 1.27. The van der Waals surface area contributed by atoms with Crippen LogP contribution in [0.2, 0.25) is 5.02 Å². The van der Waals surface area contributed by atoms with Gasteiger partial charge in [-0.2, -0.15) is 5.26 Å². The van der Waals surface area contributed by atoms with Crippen LogP contribution in [0.1, 0.15) is 5.56 Å². The summed E-state index contributed by atoms with van der Waals surface area (Å²) in [6, 6.07) is 16.1. The van der Waals surface area contributed by atoms with E-state index in [4.69, 9.17) is 21.1 Å². The number of hydrogen-bond acceptors (Lipinski definition) is 9. The first-order valence-electron chi connectivity index (χ1n) is 14.0. The number of likely N-dealkylation sites (N-methyl/N-ethyl adjacent to an activating group) is 1. The van der Waals surface area contributed by atoms with Gasteiger partial charge in [0.1, 0.15) is 12.7 Å². The molecule has 220 valence electrons. The smallest absolute Gasteiger partial charge is 0.172 e. The molecule has 0 bridgehead atoms. The number of methoxy groups -OCH3 is 1. The maximum Gasteiger partial charge on any atom is 0.172 e. The number of pyridine rings is 1. The first-order valence-corrected chi connectivity index (χ1v) is 15.2. The quantitative estimate of drug-likeness (QED) is 0.196. The molecule has 2 aromatic heterocycles. The van der Waals surface area contributed by atoms with Gasteiger partial charge in [0.2, 0.25) is 0 Å². The molecule has 1 aliphatic rings. The van der Waals surface area contributed by atoms with E-state index in [9.17, 15) is 5.26 Å². The molecule has 0 unspecified atom stereocenters. The molecule has 9 nitrogen and oxygen atoms in total. The minimum atomic E-state index is 0.435. The van der Waals surface area contributed by atoms with E-state index in [2.05, 4.69) is 38.2 Å². The van der Waals surface area contributed by atoms with Crippen LogP contribution in [0.4, 0.5) is 11.4 Å². The van der Waals surface area contributed by atoms with Crippen molar-refractivity contribution >= 4 is 56.4 Å². The van der Waals surface area contributed by atoms with Gasteiger partial charge >= 0.3 is 0 Å². The molecule has 0 amide bonds. The molecule has 0 saturated carbocycles. The second kappa shape index (κ2) is 12.7. The molecule has 43 heavy (non-hydrogen) atoms. The molecule has 0 spiro atoms. The van der Waals surface area contributed by atoms with E-state index in [1.807, 2.05) is 60.3 Å². The summed E-state index contributed by atoms with van der Waals surface area (Å²) in [6.45, 7) is 5.70. The molecule has 11 heteroatoms. The van der Waals surface area contributed by atoms with Gasteiger partial charge in [-0.1, -0.05) is 23.4 Å². The van der Waals surface area contributed by atoms with Crippen LogP contribution in [0.15, 0.2) is 71.1 Å². The summed E-state index contributed by atoms with van der Waals surface area (Å²) in [5, 5.41) is 17.6. The zero-order valence-electron chi connectivity index (χ0n) is 24.3. The average Bonchev–Trinajstić information content (AvgIpc) is 3.42. The number of nitrogens with one attached hydrogen (secondary N) is 1. The molecule has 1 fully saturated rings. The molecule has 0 aliphatic carbocycles. The number of imidazole rings is 1. The van der Waals surface area contributed by atoms with Crippen molar-refractivity contribution in [2.45, 2.75) is 10.1 Å². The van der Waals surface area contributed by atoms with Crippen LogP contribution in [0.3, 0.4) is 0 Å². The van der Waals surface area contributed by atoms with Crippen molar-refractivity contribution in [2.24, 2.45) is 7.05 Å². The van der Waals surface area contributed by atoms with Gasteiger partial charge in [0.05, 0.1) is 28.9 Å². The Morgan fingerprint density at radius 2 is 1.81 bits per heavy atom. The molecule has 5 aromatic rings. The van der Waals surface area contributed by atoms with Crippen molar-refractivity contribution in [2.75, 3.05) is 58.8 Å². The number of nitrogens with zero attached hydrogens (tertiary/aromatic N) is 6. The SMILES string of the molecule is COc1cc2cc3c(Nc4ccc(Sc5nccn5C)c(Cl)c4)c(C#N)cnc3cc2cc1OCCN1CCN(C)CC1. The molecular formula is C32H32ClN7O2S. The van der Waals surface area contributed by atoms with E-state index < -0.39 is 0 Å². The van der Waals surface area contributed by atoms with Gasteiger partial charge in [0.25, 0.3) is 0 Å². The first kappa shape index (κ1) is 29.1. The largest absolute Gasteiger partial charge is 0.493 e. The van der Waals surface area contributed by atoms with Crippen molar-refractivity contribution < 1.29 is 9.47 Å². The summed E-state index contributed by atoms with van der Waals surface area (Å²) in [4.78, 5) is 14.6. The lowest BCUT2D eigenvalue weighted by molar-refractivity contribution is 0.133. The molecular weight excluding hydrogens is 582 g/mol. The van der Waals surface area contributed by atoms with Gasteiger partial charge in [0.15, 0.2) is 16.7 Å². The predicted octanol–water partition coefficient (Wildman–Crippen LogP) is 6.18. The Kier molecular flexibility index (Phi) is 8.58. The van der Waals surface area contributed by atoms with E-state index >= 15 is 0 Å². The van der Waals surface area contributed by atoms with Gasteiger partial charge < -0.3 is 24.3 Å². The van der Waals surface area contributed by atoms with Crippen molar-refractivity contribution in [3.63, 3.8) is 0 Å². The maximum atomic E-state index is 9.93. The third kappa shape index (κ3) is 6.36. The van der Waals surface area contributed by atoms with E-state index in [1.165, 1.54) is 11.8 Å². The zero-order chi connectivity index (χ0) is 29.9. The highest BCUT2D eigenvalue weighted by Gasteiger charge is 2.16. The Bertz CT molecular complexity index is 1830. The number of nitriles is 1. The van der Waals surface area contributed by atoms with E-state index in [1.54, 1.807) is 19.5 Å². The Hall–Kier alpha value is -4.01. The standard InChI is InChI=1S/C32H32ClN7O2S/c1-38-8-10-40(11-9-38)12-13-42-29-17-22-15-27-25(14-21(22)16-28(29)41-3)31(23(19-34)20-36-27)37-24-4-5-30(26(33)18-24)43-32-35-6-7-39(32)2/h4-7,14-18,20H,8-13H2,1-3H3,(H,36,37). The lowest BCUT2D eigenvalue weighted by Crippen LogP contribution is -2.45. The topological polar surface area (TPSA) is 91.5 Å². The number of aromatic nitrogens is 3. The summed E-state index contributed by atoms with van der Waals surface area (Å²) >= 11 is 8.16. The Morgan fingerprint density at radius 3 is 2.53 bits per heavy atom. The zero-order valence-corrected chi connectivity index (χ0v) is 25.9. The summed E-state index contributed by atoms with van der Waals surface area (Å²) in [5.74, 6) is 1.37. The van der Waals surface area contributed by atoms with Crippen LogP contribution >= 0.6 is 23.4 Å². The number of piperazine rings is 1. The molecule has 1 aliphatic heterocycles. The summed E-state index contributed by atoms with van der Waals surface area (Å²) in [5.41, 5.74) is 2.63. The number of fused-ring (bicyclic) bond motifs is 2. The third-order valence-electron chi connectivity index (χ3n) is 7.67. The Labute approximate surface area is 260 Å². The van der Waals surface area contributed by atoms with Gasteiger partial charge in [-0.25, -0.2) is 4.98 Å². The number of benzene rings is 3. The number of halogens is 1. The highest BCUT2D eigenvalue weighted by atomic mass is 35.5. The van der Waals surface area contributed by atoms with E-state index in [-0.39, 0.29) is 0 Å².